The standard InChI is InChI=1S/C25H21BrFN3O/c1-24(2,3)23(31)21-20(16-8-9-18(26)19(27)12-16)25(13-28,14-29)22-17-7-5-4-6-15(17)10-11-30(21)22/h4-12,20-22H,1-3H3. The van der Waals surface area contributed by atoms with Gasteiger partial charge in [0, 0.05) is 17.5 Å². The van der Waals surface area contributed by atoms with Gasteiger partial charge in [-0.2, -0.15) is 10.5 Å². The van der Waals surface area contributed by atoms with E-state index >= 15 is 0 Å². The number of ketones is 1. The van der Waals surface area contributed by atoms with E-state index < -0.39 is 34.6 Å². The van der Waals surface area contributed by atoms with Gasteiger partial charge in [-0.05, 0) is 50.8 Å². The van der Waals surface area contributed by atoms with Crippen LogP contribution in [0.25, 0.3) is 6.08 Å². The van der Waals surface area contributed by atoms with E-state index in [1.807, 2.05) is 56.0 Å². The Morgan fingerprint density at radius 2 is 1.84 bits per heavy atom. The van der Waals surface area contributed by atoms with E-state index in [4.69, 9.17) is 0 Å². The Bertz CT molecular complexity index is 1170. The van der Waals surface area contributed by atoms with Crippen LogP contribution in [0.4, 0.5) is 4.39 Å². The topological polar surface area (TPSA) is 67.9 Å². The molecule has 2 aliphatic heterocycles. The fourth-order valence-electron chi connectivity index (χ4n) is 4.82. The molecule has 1 fully saturated rings. The van der Waals surface area contributed by atoms with Crippen molar-refractivity contribution < 1.29 is 9.18 Å². The van der Waals surface area contributed by atoms with E-state index in [0.29, 0.717) is 5.56 Å². The molecule has 31 heavy (non-hydrogen) atoms. The number of carbonyl (C=O) groups excluding carboxylic acids is 1. The molecule has 0 bridgehead atoms. The minimum absolute atomic E-state index is 0.0952. The van der Waals surface area contributed by atoms with Crippen LogP contribution in [0, 0.1) is 39.3 Å². The highest BCUT2D eigenvalue weighted by Crippen LogP contribution is 2.60. The number of nitriles is 2. The molecule has 4 rings (SSSR count). The summed E-state index contributed by atoms with van der Waals surface area (Å²) in [6, 6.07) is 15.3. The van der Waals surface area contributed by atoms with Crippen LogP contribution >= 0.6 is 15.9 Å². The quantitative estimate of drug-likeness (QED) is 0.553. The molecule has 2 heterocycles. The first-order chi connectivity index (χ1) is 14.7. The van der Waals surface area contributed by atoms with Gasteiger partial charge in [0.2, 0.25) is 0 Å². The van der Waals surface area contributed by atoms with Crippen molar-refractivity contribution in [3.8, 4) is 12.1 Å². The van der Waals surface area contributed by atoms with Crippen molar-refractivity contribution in [1.29, 1.82) is 10.5 Å². The Morgan fingerprint density at radius 3 is 2.45 bits per heavy atom. The molecule has 6 heteroatoms. The van der Waals surface area contributed by atoms with Crippen LogP contribution in [0.3, 0.4) is 0 Å². The molecular formula is C25H21BrFN3O. The molecule has 2 aliphatic rings. The summed E-state index contributed by atoms with van der Waals surface area (Å²) in [6.07, 6.45) is 3.71. The minimum Gasteiger partial charge on any atom is -0.357 e. The zero-order valence-electron chi connectivity index (χ0n) is 17.4. The van der Waals surface area contributed by atoms with E-state index in [-0.39, 0.29) is 10.3 Å². The molecule has 0 amide bonds. The van der Waals surface area contributed by atoms with Gasteiger partial charge in [-0.25, -0.2) is 4.39 Å². The van der Waals surface area contributed by atoms with Gasteiger partial charge in [0.1, 0.15) is 5.82 Å². The van der Waals surface area contributed by atoms with Crippen molar-refractivity contribution in [1.82, 2.24) is 4.90 Å². The highest BCUT2D eigenvalue weighted by atomic mass is 79.9. The van der Waals surface area contributed by atoms with Crippen LogP contribution in [0.1, 0.15) is 49.4 Å². The maximum atomic E-state index is 14.5. The Balaban J connectivity index is 2.03. The van der Waals surface area contributed by atoms with Gasteiger partial charge in [-0.1, -0.05) is 51.1 Å². The van der Waals surface area contributed by atoms with Gasteiger partial charge in [0.25, 0.3) is 0 Å². The first kappa shape index (κ1) is 21.3. The summed E-state index contributed by atoms with van der Waals surface area (Å²) in [5, 5.41) is 20.8. The third-order valence-electron chi connectivity index (χ3n) is 6.25. The molecule has 4 nitrogen and oxygen atoms in total. The van der Waals surface area contributed by atoms with E-state index in [9.17, 15) is 19.7 Å². The summed E-state index contributed by atoms with van der Waals surface area (Å²) in [4.78, 5) is 15.5. The SMILES string of the molecule is CC(C)(C)C(=O)C1C(c2ccc(Br)c(F)c2)C(C#N)(C#N)C2c3ccccc3C=CN12. The summed E-state index contributed by atoms with van der Waals surface area (Å²) < 4.78 is 14.8. The van der Waals surface area contributed by atoms with Gasteiger partial charge in [0.05, 0.1) is 28.7 Å². The normalized spacial score (nSPS) is 23.5. The molecule has 1 saturated heterocycles. The van der Waals surface area contributed by atoms with E-state index in [1.54, 1.807) is 18.3 Å². The third-order valence-corrected chi connectivity index (χ3v) is 6.90. The van der Waals surface area contributed by atoms with E-state index in [1.165, 1.54) is 6.07 Å². The van der Waals surface area contributed by atoms with Crippen LogP contribution in [0.5, 0.6) is 0 Å². The van der Waals surface area contributed by atoms with Crippen LogP contribution in [-0.2, 0) is 4.79 Å². The number of Topliss-reactive ketones (excluding diaryl/α,β-unsaturated/α-hetero) is 1. The number of hydrogen-bond acceptors (Lipinski definition) is 4. The monoisotopic (exact) mass is 477 g/mol. The summed E-state index contributed by atoms with van der Waals surface area (Å²) in [5.41, 5.74) is -0.102. The fourth-order valence-corrected chi connectivity index (χ4v) is 5.06. The van der Waals surface area contributed by atoms with E-state index in [2.05, 4.69) is 28.1 Å². The fraction of sp³-hybridized carbons (Fsp3) is 0.320. The molecule has 0 N–H and O–H groups in total. The van der Waals surface area contributed by atoms with Crippen molar-refractivity contribution in [2.45, 2.75) is 38.8 Å². The largest absolute Gasteiger partial charge is 0.357 e. The highest BCUT2D eigenvalue weighted by Gasteiger charge is 2.64. The van der Waals surface area contributed by atoms with Gasteiger partial charge in [0.15, 0.2) is 11.2 Å². The average molecular weight is 478 g/mol. The molecule has 3 atom stereocenters. The Hall–Kier alpha value is -2.96. The van der Waals surface area contributed by atoms with Crippen molar-refractivity contribution >= 4 is 27.8 Å². The molecule has 0 aliphatic carbocycles. The maximum Gasteiger partial charge on any atom is 0.177 e. The van der Waals surface area contributed by atoms with Gasteiger partial charge in [-0.3, -0.25) is 4.79 Å². The van der Waals surface area contributed by atoms with Gasteiger partial charge < -0.3 is 4.90 Å². The second kappa shape index (κ2) is 7.32. The molecule has 2 aromatic rings. The van der Waals surface area contributed by atoms with Crippen LogP contribution < -0.4 is 0 Å². The number of nitrogens with zero attached hydrogens (tertiary/aromatic N) is 3. The lowest BCUT2D eigenvalue weighted by Gasteiger charge is -2.36. The second-order valence-electron chi connectivity index (χ2n) is 9.10. The summed E-state index contributed by atoms with van der Waals surface area (Å²) in [6.45, 7) is 5.47. The minimum atomic E-state index is -1.58. The van der Waals surface area contributed by atoms with Crippen molar-refractivity contribution in [3.63, 3.8) is 0 Å². The number of rotatable bonds is 2. The zero-order chi connectivity index (χ0) is 22.6. The highest BCUT2D eigenvalue weighted by molar-refractivity contribution is 9.10. The molecule has 0 saturated carbocycles. The van der Waals surface area contributed by atoms with Crippen molar-refractivity contribution in [2.75, 3.05) is 0 Å². The Labute approximate surface area is 189 Å². The molecular weight excluding hydrogens is 457 g/mol. The van der Waals surface area contributed by atoms with Gasteiger partial charge in [-0.15, -0.1) is 0 Å². The summed E-state index contributed by atoms with van der Waals surface area (Å²) in [5.74, 6) is -1.41. The summed E-state index contributed by atoms with van der Waals surface area (Å²) >= 11 is 3.17. The molecule has 3 unspecified atom stereocenters. The van der Waals surface area contributed by atoms with Crippen molar-refractivity contribution in [3.05, 3.63) is 75.6 Å². The summed E-state index contributed by atoms with van der Waals surface area (Å²) in [7, 11) is 0. The predicted octanol–water partition coefficient (Wildman–Crippen LogP) is 5.73. The number of fused-ring (bicyclic) bond motifs is 3. The van der Waals surface area contributed by atoms with Crippen LogP contribution in [-0.4, -0.2) is 16.7 Å². The zero-order valence-corrected chi connectivity index (χ0v) is 19.0. The molecule has 2 aromatic carbocycles. The number of halogens is 2. The lowest BCUT2D eigenvalue weighted by Crippen LogP contribution is -2.43. The van der Waals surface area contributed by atoms with Crippen LogP contribution in [0.2, 0.25) is 0 Å². The lowest BCUT2D eigenvalue weighted by molar-refractivity contribution is -0.130. The predicted molar refractivity (Wildman–Crippen MR) is 119 cm³/mol. The Kier molecular flexibility index (Phi) is 5.03. The maximum absolute atomic E-state index is 14.5. The first-order valence-corrected chi connectivity index (χ1v) is 10.8. The molecule has 0 aromatic heterocycles. The average Bonchev–Trinajstić information content (AvgIpc) is 3.05. The van der Waals surface area contributed by atoms with Gasteiger partial charge >= 0.3 is 0 Å². The number of benzene rings is 2. The van der Waals surface area contributed by atoms with E-state index in [0.717, 1.165) is 11.1 Å². The first-order valence-electron chi connectivity index (χ1n) is 10.0. The third kappa shape index (κ3) is 3.09. The lowest BCUT2D eigenvalue weighted by atomic mass is 9.66. The molecule has 0 radical (unpaired) electrons. The van der Waals surface area contributed by atoms with Crippen LogP contribution in [0.15, 0.2) is 53.1 Å². The Morgan fingerprint density at radius 1 is 1.16 bits per heavy atom. The smallest absolute Gasteiger partial charge is 0.177 e. The molecule has 0 spiro atoms. The van der Waals surface area contributed by atoms with Crippen molar-refractivity contribution in [2.24, 2.45) is 10.8 Å². The molecule has 156 valence electrons. The number of carbonyl (C=O) groups is 1. The second-order valence-corrected chi connectivity index (χ2v) is 9.95. The number of hydrogen-bond donors (Lipinski definition) is 0.